The molecular weight excluding hydrogens is 336 g/mol. The predicted octanol–water partition coefficient (Wildman–Crippen LogP) is 3.24. The van der Waals surface area contributed by atoms with E-state index in [4.69, 9.17) is 14.7 Å². The van der Waals surface area contributed by atoms with Gasteiger partial charge < -0.3 is 9.64 Å². The Labute approximate surface area is 162 Å². The van der Waals surface area contributed by atoms with E-state index in [-0.39, 0.29) is 0 Å². The zero-order valence-corrected chi connectivity index (χ0v) is 16.5. The minimum atomic E-state index is 0.496. The summed E-state index contributed by atoms with van der Waals surface area (Å²) >= 11 is 0. The van der Waals surface area contributed by atoms with Crippen molar-refractivity contribution < 1.29 is 4.74 Å². The van der Waals surface area contributed by atoms with Gasteiger partial charge in [0.1, 0.15) is 11.6 Å². The number of piperidine rings is 1. The Hall–Kier alpha value is -1.98. The van der Waals surface area contributed by atoms with Gasteiger partial charge >= 0.3 is 0 Å². The number of aromatic nitrogens is 2. The van der Waals surface area contributed by atoms with Gasteiger partial charge in [0, 0.05) is 56.0 Å². The summed E-state index contributed by atoms with van der Waals surface area (Å²) < 4.78 is 5.53. The summed E-state index contributed by atoms with van der Waals surface area (Å²) in [5, 5.41) is 0. The third-order valence-corrected chi connectivity index (χ3v) is 5.66. The Morgan fingerprint density at radius 3 is 2.81 bits per heavy atom. The van der Waals surface area contributed by atoms with Crippen LogP contribution in [-0.4, -0.2) is 53.1 Å². The molecule has 0 saturated carbocycles. The molecule has 1 aromatic heterocycles. The zero-order chi connectivity index (χ0) is 18.6. The maximum Gasteiger partial charge on any atom is 0.132 e. The average molecular weight is 367 g/mol. The first-order valence-electron chi connectivity index (χ1n) is 10.2. The molecule has 0 radical (unpaired) electrons. The Bertz CT molecular complexity index is 761. The second kappa shape index (κ2) is 8.36. The van der Waals surface area contributed by atoms with Crippen molar-refractivity contribution in [2.24, 2.45) is 0 Å². The third kappa shape index (κ3) is 4.47. The highest BCUT2D eigenvalue weighted by Crippen LogP contribution is 2.26. The van der Waals surface area contributed by atoms with E-state index in [1.165, 1.54) is 36.2 Å². The number of benzene rings is 1. The highest BCUT2D eigenvalue weighted by molar-refractivity contribution is 5.28. The first-order valence-corrected chi connectivity index (χ1v) is 10.2. The summed E-state index contributed by atoms with van der Waals surface area (Å²) in [4.78, 5) is 14.6. The van der Waals surface area contributed by atoms with Crippen molar-refractivity contribution >= 4 is 0 Å². The molecule has 5 heteroatoms. The minimum absolute atomic E-state index is 0.496. The summed E-state index contributed by atoms with van der Waals surface area (Å²) in [6.45, 7) is 7.96. The van der Waals surface area contributed by atoms with Crippen LogP contribution < -0.4 is 4.74 Å². The van der Waals surface area contributed by atoms with Gasteiger partial charge in [-0.3, -0.25) is 4.90 Å². The maximum absolute atomic E-state index is 5.53. The van der Waals surface area contributed by atoms with Gasteiger partial charge in [0.15, 0.2) is 0 Å². The number of rotatable bonds is 5. The van der Waals surface area contributed by atoms with E-state index < -0.39 is 0 Å². The Kier molecular flexibility index (Phi) is 5.69. The van der Waals surface area contributed by atoms with Crippen LogP contribution in [0.2, 0.25) is 0 Å². The molecule has 0 unspecified atom stereocenters. The molecule has 0 N–H and O–H groups in total. The highest BCUT2D eigenvalue weighted by atomic mass is 16.5. The second-order valence-electron chi connectivity index (χ2n) is 7.84. The molecule has 5 nitrogen and oxygen atoms in total. The van der Waals surface area contributed by atoms with Crippen molar-refractivity contribution in [3.8, 4) is 5.75 Å². The molecule has 2 aliphatic heterocycles. The number of hydrogen-bond acceptors (Lipinski definition) is 5. The van der Waals surface area contributed by atoms with Crippen LogP contribution in [0.15, 0.2) is 30.5 Å². The lowest BCUT2D eigenvalue weighted by Crippen LogP contribution is -2.33. The highest BCUT2D eigenvalue weighted by Gasteiger charge is 2.24. The topological polar surface area (TPSA) is 41.5 Å². The maximum atomic E-state index is 5.53. The zero-order valence-electron chi connectivity index (χ0n) is 16.5. The van der Waals surface area contributed by atoms with Gasteiger partial charge in [-0.2, -0.15) is 0 Å². The number of fused-ring (bicyclic) bond motifs is 1. The molecule has 3 heterocycles. The molecule has 0 amide bonds. The molecule has 1 atom stereocenters. The molecule has 27 heavy (non-hydrogen) atoms. The van der Waals surface area contributed by atoms with Crippen LogP contribution in [0.4, 0.5) is 0 Å². The minimum Gasteiger partial charge on any atom is -0.494 e. The largest absolute Gasteiger partial charge is 0.494 e. The molecule has 2 aliphatic rings. The summed E-state index contributed by atoms with van der Waals surface area (Å²) in [6, 6.07) is 8.46. The summed E-state index contributed by atoms with van der Waals surface area (Å²) in [5.41, 5.74) is 3.88. The molecule has 0 bridgehead atoms. The number of likely N-dealkylation sites (N-methyl/N-ethyl adjacent to an activating group) is 1. The lowest BCUT2D eigenvalue weighted by Gasteiger charge is -2.31. The van der Waals surface area contributed by atoms with Crippen LogP contribution in [0, 0.1) is 0 Å². The lowest BCUT2D eigenvalue weighted by molar-refractivity contribution is 0.236. The van der Waals surface area contributed by atoms with Gasteiger partial charge in [-0.1, -0.05) is 12.1 Å². The van der Waals surface area contributed by atoms with Crippen molar-refractivity contribution in [3.05, 3.63) is 53.1 Å². The fourth-order valence-corrected chi connectivity index (χ4v) is 4.21. The molecule has 1 saturated heterocycles. The van der Waals surface area contributed by atoms with E-state index >= 15 is 0 Å². The Balaban J connectivity index is 1.39. The van der Waals surface area contributed by atoms with Crippen molar-refractivity contribution in [3.63, 3.8) is 0 Å². The van der Waals surface area contributed by atoms with Gasteiger partial charge in [0.05, 0.1) is 6.61 Å². The van der Waals surface area contributed by atoms with Gasteiger partial charge in [0.25, 0.3) is 0 Å². The van der Waals surface area contributed by atoms with Crippen molar-refractivity contribution in [2.45, 2.75) is 45.2 Å². The molecule has 0 spiro atoms. The molecule has 4 rings (SSSR count). The average Bonchev–Trinajstić information content (AvgIpc) is 2.69. The number of nitrogens with zero attached hydrogens (tertiary/aromatic N) is 4. The van der Waals surface area contributed by atoms with E-state index in [0.29, 0.717) is 12.5 Å². The van der Waals surface area contributed by atoms with Crippen molar-refractivity contribution in [1.29, 1.82) is 0 Å². The van der Waals surface area contributed by atoms with Gasteiger partial charge in [0.2, 0.25) is 0 Å². The third-order valence-electron chi connectivity index (χ3n) is 5.66. The fourth-order valence-electron chi connectivity index (χ4n) is 4.21. The smallest absolute Gasteiger partial charge is 0.132 e. The molecule has 2 aromatic rings. The molecule has 0 aliphatic carbocycles. The van der Waals surface area contributed by atoms with Crippen molar-refractivity contribution in [2.75, 3.05) is 33.3 Å². The molecule has 144 valence electrons. The van der Waals surface area contributed by atoms with E-state index in [1.807, 2.05) is 6.92 Å². The van der Waals surface area contributed by atoms with Gasteiger partial charge in [-0.05, 0) is 51.1 Å². The second-order valence-corrected chi connectivity index (χ2v) is 7.84. The van der Waals surface area contributed by atoms with Crippen LogP contribution in [0.1, 0.15) is 48.3 Å². The van der Waals surface area contributed by atoms with E-state index in [2.05, 4.69) is 47.3 Å². The van der Waals surface area contributed by atoms with E-state index in [1.54, 1.807) is 0 Å². The standard InChI is InChI=1S/C22H30N4O/c1-3-27-20-8-6-17(7-9-20)14-26-12-10-21-19(16-26)13-23-22(24-21)18-5-4-11-25(2)15-18/h6-9,13,18H,3-5,10-12,14-16H2,1-2H3/t18-/m1/s1. The number of hydrogen-bond donors (Lipinski definition) is 0. The molecular formula is C22H30N4O. The van der Waals surface area contributed by atoms with Crippen molar-refractivity contribution in [1.82, 2.24) is 19.8 Å². The Morgan fingerprint density at radius 2 is 2.04 bits per heavy atom. The molecule has 1 fully saturated rings. The van der Waals surface area contributed by atoms with Gasteiger partial charge in [-0.15, -0.1) is 0 Å². The van der Waals surface area contributed by atoms with E-state index in [0.717, 1.165) is 44.2 Å². The number of ether oxygens (including phenoxy) is 1. The summed E-state index contributed by atoms with van der Waals surface area (Å²) in [6.07, 6.45) is 5.56. The van der Waals surface area contributed by atoms with Crippen LogP contribution in [0.25, 0.3) is 0 Å². The predicted molar refractivity (Wildman–Crippen MR) is 107 cm³/mol. The van der Waals surface area contributed by atoms with Crippen LogP contribution in [0.3, 0.4) is 0 Å². The Morgan fingerprint density at radius 1 is 1.19 bits per heavy atom. The van der Waals surface area contributed by atoms with E-state index in [9.17, 15) is 0 Å². The SMILES string of the molecule is CCOc1ccc(CN2CCc3nc([C@@H]4CCCN(C)C4)ncc3C2)cc1. The van der Waals surface area contributed by atoms with Crippen LogP contribution >= 0.6 is 0 Å². The first-order chi connectivity index (χ1) is 13.2. The fraction of sp³-hybridized carbons (Fsp3) is 0.545. The summed E-state index contributed by atoms with van der Waals surface area (Å²) in [7, 11) is 2.20. The molecule has 1 aromatic carbocycles. The quantitative estimate of drug-likeness (QED) is 0.813. The van der Waals surface area contributed by atoms with Gasteiger partial charge in [-0.25, -0.2) is 9.97 Å². The normalized spacial score (nSPS) is 21.0. The lowest BCUT2D eigenvalue weighted by atomic mass is 9.97. The van der Waals surface area contributed by atoms with Crippen LogP contribution in [0.5, 0.6) is 5.75 Å². The summed E-state index contributed by atoms with van der Waals surface area (Å²) in [5.74, 6) is 2.50. The monoisotopic (exact) mass is 366 g/mol. The number of likely N-dealkylation sites (tertiary alicyclic amines) is 1. The van der Waals surface area contributed by atoms with Crippen LogP contribution in [-0.2, 0) is 19.5 Å². The first kappa shape index (κ1) is 18.4.